The molecular weight excluding hydrogens is 322 g/mol. The molecule has 4 heteroatoms. The summed E-state index contributed by atoms with van der Waals surface area (Å²) in [5.41, 5.74) is 7.04. The van der Waals surface area contributed by atoms with Crippen molar-refractivity contribution in [1.82, 2.24) is 15.3 Å². The van der Waals surface area contributed by atoms with Gasteiger partial charge in [0.2, 0.25) is 0 Å². The Labute approximate surface area is 154 Å². The Balaban J connectivity index is 0.00000196. The predicted molar refractivity (Wildman–Crippen MR) is 107 cm³/mol. The van der Waals surface area contributed by atoms with E-state index in [1.54, 1.807) is 6.20 Å². The third kappa shape index (κ3) is 3.45. The number of aryl methyl sites for hydroxylation is 1. The van der Waals surface area contributed by atoms with Crippen LogP contribution >= 0.6 is 0 Å². The van der Waals surface area contributed by atoms with Gasteiger partial charge in [-0.05, 0) is 42.3 Å². The molecule has 4 nitrogen and oxygen atoms in total. The van der Waals surface area contributed by atoms with Gasteiger partial charge in [-0.1, -0.05) is 37.8 Å². The maximum Gasteiger partial charge on any atom is 0.253 e. The first kappa shape index (κ1) is 17.7. The average Bonchev–Trinajstić information content (AvgIpc) is 3.07. The van der Waals surface area contributed by atoms with E-state index in [0.29, 0.717) is 6.54 Å². The first-order chi connectivity index (χ1) is 12.2. The standard InChI is InChI=1S/C21H19N3O.CH4/c1-14-4-2-3-5-15(14)6-7-17-12-16(8-10-22-17)20-13-18-19(24-20)9-11-23-21(18)25;/h2-8,10,12-13,24H,9,11H2,1H3,(H,23,25);1H4/b7-6+;. The van der Waals surface area contributed by atoms with E-state index in [2.05, 4.69) is 40.4 Å². The highest BCUT2D eigenvalue weighted by Crippen LogP contribution is 2.24. The number of aromatic nitrogens is 2. The maximum atomic E-state index is 11.9. The summed E-state index contributed by atoms with van der Waals surface area (Å²) in [7, 11) is 0. The molecule has 0 unspecified atom stereocenters. The Morgan fingerprint density at radius 1 is 1.12 bits per heavy atom. The van der Waals surface area contributed by atoms with E-state index < -0.39 is 0 Å². The van der Waals surface area contributed by atoms with Gasteiger partial charge in [0.1, 0.15) is 0 Å². The number of hydrogen-bond donors (Lipinski definition) is 2. The molecule has 3 aromatic rings. The van der Waals surface area contributed by atoms with E-state index in [1.165, 1.54) is 11.1 Å². The zero-order valence-electron chi connectivity index (χ0n) is 14.0. The first-order valence-corrected chi connectivity index (χ1v) is 8.41. The molecule has 2 aromatic heterocycles. The van der Waals surface area contributed by atoms with Gasteiger partial charge in [0.05, 0.1) is 11.3 Å². The number of nitrogens with one attached hydrogen (secondary N) is 2. The third-order valence-electron chi connectivity index (χ3n) is 4.52. The number of hydrogen-bond acceptors (Lipinski definition) is 2. The average molecular weight is 345 g/mol. The lowest BCUT2D eigenvalue weighted by atomic mass is 10.1. The van der Waals surface area contributed by atoms with Gasteiger partial charge >= 0.3 is 0 Å². The minimum Gasteiger partial charge on any atom is -0.358 e. The lowest BCUT2D eigenvalue weighted by Gasteiger charge is -2.10. The van der Waals surface area contributed by atoms with Crippen molar-refractivity contribution in [2.45, 2.75) is 20.8 Å². The molecule has 0 saturated carbocycles. The predicted octanol–water partition coefficient (Wildman–Crippen LogP) is 4.48. The van der Waals surface area contributed by atoms with Gasteiger partial charge < -0.3 is 10.3 Å². The molecule has 0 atom stereocenters. The van der Waals surface area contributed by atoms with Gasteiger partial charge in [-0.3, -0.25) is 9.78 Å². The van der Waals surface area contributed by atoms with Gasteiger partial charge in [-0.2, -0.15) is 0 Å². The van der Waals surface area contributed by atoms with Crippen LogP contribution in [-0.2, 0) is 6.42 Å². The van der Waals surface area contributed by atoms with Crippen molar-refractivity contribution in [3.05, 3.63) is 76.7 Å². The molecule has 26 heavy (non-hydrogen) atoms. The van der Waals surface area contributed by atoms with Gasteiger partial charge in [-0.25, -0.2) is 0 Å². The highest BCUT2D eigenvalue weighted by Gasteiger charge is 2.19. The number of aromatic amines is 1. The second-order valence-corrected chi connectivity index (χ2v) is 6.24. The van der Waals surface area contributed by atoms with E-state index in [1.807, 2.05) is 36.4 Å². The lowest BCUT2D eigenvalue weighted by Crippen LogP contribution is -2.31. The van der Waals surface area contributed by atoms with Crippen molar-refractivity contribution >= 4 is 18.1 Å². The highest BCUT2D eigenvalue weighted by molar-refractivity contribution is 5.97. The van der Waals surface area contributed by atoms with E-state index in [9.17, 15) is 4.79 Å². The maximum absolute atomic E-state index is 11.9. The Kier molecular flexibility index (Phi) is 5.03. The largest absolute Gasteiger partial charge is 0.358 e. The number of benzene rings is 1. The summed E-state index contributed by atoms with van der Waals surface area (Å²) in [5.74, 6) is -0.00233. The van der Waals surface area contributed by atoms with E-state index in [-0.39, 0.29) is 13.3 Å². The van der Waals surface area contributed by atoms with Gasteiger partial charge in [0, 0.05) is 36.1 Å². The monoisotopic (exact) mass is 345 g/mol. The molecule has 1 aliphatic heterocycles. The Morgan fingerprint density at radius 3 is 2.77 bits per heavy atom. The Morgan fingerprint density at radius 2 is 1.96 bits per heavy atom. The SMILES string of the molecule is C.Cc1ccccc1/C=C/c1cc(-c2cc3c([nH]2)CCNC3=O)ccn1. The second kappa shape index (κ2) is 7.40. The number of fused-ring (bicyclic) bond motifs is 1. The summed E-state index contributed by atoms with van der Waals surface area (Å²) in [6, 6.07) is 14.2. The molecule has 0 bridgehead atoms. The van der Waals surface area contributed by atoms with E-state index in [0.717, 1.165) is 34.6 Å². The summed E-state index contributed by atoms with van der Waals surface area (Å²) in [6.07, 6.45) is 6.73. The van der Waals surface area contributed by atoms with Crippen LogP contribution in [0.3, 0.4) is 0 Å². The number of H-pyrrole nitrogens is 1. The fourth-order valence-electron chi connectivity index (χ4n) is 3.10. The van der Waals surface area contributed by atoms with Crippen molar-refractivity contribution < 1.29 is 4.79 Å². The Hall–Kier alpha value is -3.14. The zero-order chi connectivity index (χ0) is 17.2. The van der Waals surface area contributed by atoms with Crippen LogP contribution in [0.25, 0.3) is 23.4 Å². The quantitative estimate of drug-likeness (QED) is 0.735. The molecule has 132 valence electrons. The third-order valence-corrected chi connectivity index (χ3v) is 4.52. The molecule has 0 saturated heterocycles. The molecule has 2 N–H and O–H groups in total. The summed E-state index contributed by atoms with van der Waals surface area (Å²) in [5, 5.41) is 2.88. The lowest BCUT2D eigenvalue weighted by molar-refractivity contribution is 0.0946. The normalized spacial score (nSPS) is 13.2. The summed E-state index contributed by atoms with van der Waals surface area (Å²) >= 11 is 0. The molecule has 1 aromatic carbocycles. The number of nitrogens with zero attached hydrogens (tertiary/aromatic N) is 1. The van der Waals surface area contributed by atoms with Crippen LogP contribution in [0, 0.1) is 6.92 Å². The smallest absolute Gasteiger partial charge is 0.253 e. The molecule has 3 heterocycles. The highest BCUT2D eigenvalue weighted by atomic mass is 16.1. The van der Waals surface area contributed by atoms with Crippen LogP contribution in [0.5, 0.6) is 0 Å². The number of carbonyl (C=O) groups is 1. The summed E-state index contributed by atoms with van der Waals surface area (Å²) in [4.78, 5) is 19.7. The van der Waals surface area contributed by atoms with Crippen LogP contribution in [0.4, 0.5) is 0 Å². The fraction of sp³-hybridized carbons (Fsp3) is 0.182. The molecule has 0 radical (unpaired) electrons. The molecular formula is C22H23N3O. The van der Waals surface area contributed by atoms with Crippen molar-refractivity contribution in [2.24, 2.45) is 0 Å². The van der Waals surface area contributed by atoms with Crippen LogP contribution in [0.2, 0.25) is 0 Å². The van der Waals surface area contributed by atoms with E-state index >= 15 is 0 Å². The van der Waals surface area contributed by atoms with Crippen LogP contribution in [0.15, 0.2) is 48.7 Å². The van der Waals surface area contributed by atoms with Crippen molar-refractivity contribution in [2.75, 3.05) is 6.54 Å². The van der Waals surface area contributed by atoms with Crippen molar-refractivity contribution in [3.8, 4) is 11.3 Å². The second-order valence-electron chi connectivity index (χ2n) is 6.24. The van der Waals surface area contributed by atoms with Gasteiger partial charge in [-0.15, -0.1) is 0 Å². The molecule has 1 amide bonds. The number of carbonyl (C=O) groups excluding carboxylic acids is 1. The fourth-order valence-corrected chi connectivity index (χ4v) is 3.10. The summed E-state index contributed by atoms with van der Waals surface area (Å²) in [6.45, 7) is 2.78. The zero-order valence-corrected chi connectivity index (χ0v) is 14.0. The van der Waals surface area contributed by atoms with Crippen molar-refractivity contribution in [3.63, 3.8) is 0 Å². The number of rotatable bonds is 3. The number of amides is 1. The molecule has 1 aliphatic rings. The molecule has 0 aliphatic carbocycles. The summed E-state index contributed by atoms with van der Waals surface area (Å²) < 4.78 is 0. The van der Waals surface area contributed by atoms with E-state index in [4.69, 9.17) is 0 Å². The topological polar surface area (TPSA) is 57.8 Å². The van der Waals surface area contributed by atoms with Crippen LogP contribution < -0.4 is 5.32 Å². The first-order valence-electron chi connectivity index (χ1n) is 8.41. The van der Waals surface area contributed by atoms with Crippen LogP contribution in [-0.4, -0.2) is 22.4 Å². The molecule has 0 spiro atoms. The minimum absolute atomic E-state index is 0. The Bertz CT molecular complexity index is 969. The molecule has 0 fully saturated rings. The van der Waals surface area contributed by atoms with Gasteiger partial charge in [0.15, 0.2) is 0 Å². The van der Waals surface area contributed by atoms with Crippen LogP contribution in [0.1, 0.15) is 40.3 Å². The van der Waals surface area contributed by atoms with Crippen molar-refractivity contribution in [1.29, 1.82) is 0 Å². The minimum atomic E-state index is -0.00233. The number of pyridine rings is 1. The molecule has 4 rings (SSSR count). The van der Waals surface area contributed by atoms with Gasteiger partial charge in [0.25, 0.3) is 5.91 Å².